The van der Waals surface area contributed by atoms with Crippen molar-refractivity contribution < 1.29 is 28.1 Å². The monoisotopic (exact) mass is 460 g/mol. The molecule has 10 heteroatoms. The van der Waals surface area contributed by atoms with Gasteiger partial charge in [-0.05, 0) is 44.7 Å². The first-order valence-corrected chi connectivity index (χ1v) is 10.9. The Hall–Kier alpha value is -3.27. The van der Waals surface area contributed by atoms with Gasteiger partial charge in [-0.15, -0.1) is 0 Å². The second-order valence-electron chi connectivity index (χ2n) is 8.34. The maximum Gasteiger partial charge on any atom is 0.328 e. The maximum atomic E-state index is 13.7. The molecule has 4 rings (SSSR count). The highest BCUT2D eigenvalue weighted by molar-refractivity contribution is 6.04. The molecule has 0 unspecified atom stereocenters. The van der Waals surface area contributed by atoms with Gasteiger partial charge in [-0.25, -0.2) is 0 Å². The van der Waals surface area contributed by atoms with Crippen molar-refractivity contribution in [3.05, 3.63) is 53.1 Å². The van der Waals surface area contributed by atoms with Crippen LogP contribution in [0.3, 0.4) is 0 Å². The van der Waals surface area contributed by atoms with E-state index in [-0.39, 0.29) is 16.9 Å². The quantitative estimate of drug-likeness (QED) is 0.429. The van der Waals surface area contributed by atoms with Crippen molar-refractivity contribution in [1.29, 1.82) is 0 Å². The highest BCUT2D eigenvalue weighted by Gasteiger charge is 2.35. The van der Waals surface area contributed by atoms with Crippen molar-refractivity contribution in [2.24, 2.45) is 0 Å². The Balaban J connectivity index is 1.65. The largest absolute Gasteiger partial charge is 0.618 e. The molecule has 1 aromatic carbocycles. The second-order valence-corrected chi connectivity index (χ2v) is 8.34. The van der Waals surface area contributed by atoms with Gasteiger partial charge in [0, 0.05) is 36.7 Å². The van der Waals surface area contributed by atoms with Crippen molar-refractivity contribution in [2.45, 2.75) is 57.6 Å². The number of aliphatic hydroxyl groups is 1. The number of anilines is 1. The van der Waals surface area contributed by atoms with Crippen molar-refractivity contribution >= 4 is 22.5 Å². The number of nitrogens with one attached hydrogen (secondary N) is 1. The number of carbonyl (C=O) groups excluding carboxylic acids is 1. The number of carbonyl (C=O) groups is 1. The molecule has 0 spiro atoms. The molecule has 2 aromatic heterocycles. The lowest BCUT2D eigenvalue weighted by atomic mass is 9.93. The van der Waals surface area contributed by atoms with E-state index in [0.717, 1.165) is 37.1 Å². The van der Waals surface area contributed by atoms with Gasteiger partial charge in [-0.2, -0.15) is 18.6 Å². The van der Waals surface area contributed by atoms with E-state index in [1.165, 1.54) is 12.1 Å². The average molecular weight is 460 g/mol. The van der Waals surface area contributed by atoms with Gasteiger partial charge in [0.1, 0.15) is 5.75 Å². The SMILES string of the molecule is CCOc1cc2nn(C3CCC(O)CC3)cc2cc1NC(=O)c1cccc(C(C)(F)F)[n+]1[O-]. The third-order valence-electron chi connectivity index (χ3n) is 5.84. The predicted octanol–water partition coefficient (Wildman–Crippen LogP) is 3.91. The first-order valence-electron chi connectivity index (χ1n) is 10.9. The van der Waals surface area contributed by atoms with Gasteiger partial charge in [0.15, 0.2) is 0 Å². The summed E-state index contributed by atoms with van der Waals surface area (Å²) < 4.78 is 34.9. The van der Waals surface area contributed by atoms with E-state index < -0.39 is 23.2 Å². The van der Waals surface area contributed by atoms with Crippen LogP contribution in [0.25, 0.3) is 10.9 Å². The molecule has 1 aliphatic carbocycles. The molecule has 0 saturated heterocycles. The molecule has 0 radical (unpaired) electrons. The lowest BCUT2D eigenvalue weighted by Gasteiger charge is -2.25. The summed E-state index contributed by atoms with van der Waals surface area (Å²) in [5, 5.41) is 30.1. The van der Waals surface area contributed by atoms with Crippen molar-refractivity contribution in [3.63, 3.8) is 0 Å². The van der Waals surface area contributed by atoms with Crippen LogP contribution >= 0.6 is 0 Å². The van der Waals surface area contributed by atoms with Crippen LogP contribution in [0, 0.1) is 5.21 Å². The lowest BCUT2D eigenvalue weighted by molar-refractivity contribution is -0.626. The zero-order chi connectivity index (χ0) is 23.8. The molecule has 2 heterocycles. The standard InChI is InChI=1S/C23H26F2N4O4/c1-3-33-20-12-17-14(13-28(27-17)15-7-9-16(30)10-8-15)11-18(20)26-22(31)19-5-4-6-21(29(19)32)23(2,24)25/h4-6,11-13,15-16,30H,3,7-10H2,1-2H3,(H,26,31). The molecular weight excluding hydrogens is 434 g/mol. The van der Waals surface area contributed by atoms with Crippen LogP contribution in [0.15, 0.2) is 36.5 Å². The number of aromatic nitrogens is 3. The smallest absolute Gasteiger partial charge is 0.328 e. The summed E-state index contributed by atoms with van der Waals surface area (Å²) in [5.74, 6) is -3.86. The fourth-order valence-corrected chi connectivity index (χ4v) is 4.13. The molecule has 0 aliphatic heterocycles. The van der Waals surface area contributed by atoms with Gasteiger partial charge in [-0.3, -0.25) is 9.48 Å². The van der Waals surface area contributed by atoms with E-state index in [1.807, 2.05) is 10.9 Å². The number of hydrogen-bond donors (Lipinski definition) is 2. The van der Waals surface area contributed by atoms with E-state index in [2.05, 4.69) is 10.4 Å². The number of halogens is 2. The Bertz CT molecular complexity index is 1170. The maximum absolute atomic E-state index is 13.7. The number of hydrogen-bond acceptors (Lipinski definition) is 5. The summed E-state index contributed by atoms with van der Waals surface area (Å²) in [7, 11) is 0. The van der Waals surface area contributed by atoms with Crippen LogP contribution in [0.1, 0.15) is 61.8 Å². The Morgan fingerprint density at radius 2 is 2.06 bits per heavy atom. The molecule has 1 aliphatic rings. The molecular formula is C23H26F2N4O4. The Labute approximate surface area is 189 Å². The minimum atomic E-state index is -3.39. The molecule has 0 bridgehead atoms. The number of rotatable bonds is 6. The first kappa shape index (κ1) is 22.9. The molecule has 3 aromatic rings. The summed E-state index contributed by atoms with van der Waals surface area (Å²) in [6, 6.07) is 6.98. The van der Waals surface area contributed by atoms with Crippen molar-refractivity contribution in [2.75, 3.05) is 11.9 Å². The van der Waals surface area contributed by atoms with Crippen LogP contribution in [0.4, 0.5) is 14.5 Å². The summed E-state index contributed by atoms with van der Waals surface area (Å²) in [4.78, 5) is 12.8. The highest BCUT2D eigenvalue weighted by Crippen LogP contribution is 2.34. The van der Waals surface area contributed by atoms with Crippen LogP contribution in [0.5, 0.6) is 5.75 Å². The minimum Gasteiger partial charge on any atom is -0.618 e. The van der Waals surface area contributed by atoms with Crippen LogP contribution < -0.4 is 14.8 Å². The minimum absolute atomic E-state index is 0.0518. The van der Waals surface area contributed by atoms with E-state index in [4.69, 9.17) is 4.74 Å². The molecule has 0 atom stereocenters. The van der Waals surface area contributed by atoms with Crippen LogP contribution in [-0.4, -0.2) is 33.5 Å². The average Bonchev–Trinajstić information content (AvgIpc) is 3.16. The number of aliphatic hydroxyl groups excluding tert-OH is 1. The zero-order valence-corrected chi connectivity index (χ0v) is 18.4. The molecule has 1 saturated carbocycles. The van der Waals surface area contributed by atoms with Crippen LogP contribution in [0.2, 0.25) is 0 Å². The Kier molecular flexibility index (Phi) is 6.20. The fourth-order valence-electron chi connectivity index (χ4n) is 4.13. The van der Waals surface area contributed by atoms with Crippen molar-refractivity contribution in [3.8, 4) is 5.75 Å². The molecule has 2 N–H and O–H groups in total. The van der Waals surface area contributed by atoms with E-state index >= 15 is 0 Å². The van der Waals surface area contributed by atoms with Gasteiger partial charge in [0.05, 0.1) is 30.0 Å². The zero-order valence-electron chi connectivity index (χ0n) is 18.4. The number of amides is 1. The third-order valence-corrected chi connectivity index (χ3v) is 5.84. The summed E-state index contributed by atoms with van der Waals surface area (Å²) in [6.07, 6.45) is 4.68. The molecule has 33 heavy (non-hydrogen) atoms. The van der Waals surface area contributed by atoms with Gasteiger partial charge in [0.2, 0.25) is 0 Å². The number of ether oxygens (including phenoxy) is 1. The summed E-state index contributed by atoms with van der Waals surface area (Å²) >= 11 is 0. The van der Waals surface area contributed by atoms with Gasteiger partial charge >= 0.3 is 11.8 Å². The molecule has 1 amide bonds. The predicted molar refractivity (Wildman–Crippen MR) is 117 cm³/mol. The van der Waals surface area contributed by atoms with E-state index in [9.17, 15) is 23.9 Å². The van der Waals surface area contributed by atoms with Gasteiger partial charge in [0.25, 0.3) is 11.4 Å². The van der Waals surface area contributed by atoms with E-state index in [1.54, 1.807) is 19.1 Å². The number of pyridine rings is 1. The molecule has 176 valence electrons. The molecule has 8 nitrogen and oxygen atoms in total. The first-order chi connectivity index (χ1) is 15.7. The second kappa shape index (κ2) is 8.93. The fraction of sp³-hybridized carbons (Fsp3) is 0.435. The normalized spacial score (nSPS) is 18.9. The number of nitrogens with zero attached hydrogens (tertiary/aromatic N) is 3. The summed E-state index contributed by atoms with van der Waals surface area (Å²) in [5.41, 5.74) is -0.279. The topological polar surface area (TPSA) is 103 Å². The van der Waals surface area contributed by atoms with Gasteiger partial charge < -0.3 is 20.4 Å². The van der Waals surface area contributed by atoms with E-state index in [0.29, 0.717) is 30.5 Å². The lowest BCUT2D eigenvalue weighted by Crippen LogP contribution is -2.43. The molecule has 1 fully saturated rings. The highest BCUT2D eigenvalue weighted by atomic mass is 19.3. The van der Waals surface area contributed by atoms with Crippen LogP contribution in [-0.2, 0) is 5.92 Å². The number of benzene rings is 1. The third kappa shape index (κ3) is 4.75. The number of fused-ring (bicyclic) bond motifs is 1. The van der Waals surface area contributed by atoms with Gasteiger partial charge in [-0.1, -0.05) is 0 Å². The summed E-state index contributed by atoms with van der Waals surface area (Å²) in [6.45, 7) is 2.72. The Morgan fingerprint density at radius 1 is 1.33 bits per heavy atom. The van der Waals surface area contributed by atoms with Crippen molar-refractivity contribution in [1.82, 2.24) is 9.78 Å². The number of alkyl halides is 2. The Morgan fingerprint density at radius 3 is 2.73 bits per heavy atom.